The van der Waals surface area contributed by atoms with Crippen molar-refractivity contribution in [1.82, 2.24) is 15.1 Å². The van der Waals surface area contributed by atoms with Crippen LogP contribution in [0.3, 0.4) is 0 Å². The molecule has 1 aromatic rings. The molecule has 2 heterocycles. The van der Waals surface area contributed by atoms with Gasteiger partial charge < -0.3 is 71.8 Å². The molecule has 2 N–H and O–H groups in total. The number of carbonyl (C=O) groups excluding carboxylic acids is 5. The molecule has 0 bridgehead atoms. The number of nitrogens with zero attached hydrogens (tertiary/aromatic N) is 2. The predicted octanol–water partition coefficient (Wildman–Crippen LogP) is 1.36. The first-order valence-electron chi connectivity index (χ1n) is 24.1. The van der Waals surface area contributed by atoms with Gasteiger partial charge in [-0.15, -0.1) is 0 Å². The molecule has 394 valence electrons. The van der Waals surface area contributed by atoms with Crippen molar-refractivity contribution >= 4 is 35.2 Å². The van der Waals surface area contributed by atoms with E-state index in [1.54, 1.807) is 12.1 Å². The molecule has 0 aromatic heterocycles. The fourth-order valence-corrected chi connectivity index (χ4v) is 6.49. The van der Waals surface area contributed by atoms with Crippen molar-refractivity contribution in [2.75, 3.05) is 198 Å². The molecular weight excluding hydrogens is 909 g/mol. The molecule has 2 aliphatic rings. The molecule has 1 saturated heterocycles. The SMILES string of the molecule is CN(C)CCOCCOCCOCCOCCOCCOCCOCCOCCOCCOCCOCCOCCOCCCCCC(=O)Nc1cccc2c1C(=O)N(C1CCC(=O)NC1=O)C2=O. The highest BCUT2D eigenvalue weighted by Crippen LogP contribution is 2.32. The van der Waals surface area contributed by atoms with Crippen LogP contribution in [0.1, 0.15) is 59.2 Å². The molecule has 0 spiro atoms. The van der Waals surface area contributed by atoms with E-state index in [-0.39, 0.29) is 42.0 Å². The van der Waals surface area contributed by atoms with Gasteiger partial charge in [0.15, 0.2) is 0 Å². The van der Waals surface area contributed by atoms with Crippen LogP contribution in [0.5, 0.6) is 0 Å². The number of fused-ring (bicyclic) bond motifs is 1. The number of piperidine rings is 1. The number of ether oxygens (including phenoxy) is 13. The van der Waals surface area contributed by atoms with Gasteiger partial charge in [-0.05, 0) is 45.5 Å². The van der Waals surface area contributed by atoms with Gasteiger partial charge in [-0.25, -0.2) is 0 Å². The van der Waals surface area contributed by atoms with E-state index in [9.17, 15) is 24.0 Å². The highest BCUT2D eigenvalue weighted by Gasteiger charge is 2.45. The van der Waals surface area contributed by atoms with E-state index in [2.05, 4.69) is 15.5 Å². The number of benzene rings is 1. The van der Waals surface area contributed by atoms with Gasteiger partial charge in [0.25, 0.3) is 11.8 Å². The Morgan fingerprint density at radius 2 is 0.928 bits per heavy atom. The fourth-order valence-electron chi connectivity index (χ4n) is 6.49. The van der Waals surface area contributed by atoms with Gasteiger partial charge in [0.05, 0.1) is 182 Å². The highest BCUT2D eigenvalue weighted by atomic mass is 16.6. The van der Waals surface area contributed by atoms with Crippen LogP contribution in [-0.2, 0) is 76.0 Å². The Bertz CT molecular complexity index is 1560. The van der Waals surface area contributed by atoms with E-state index in [0.29, 0.717) is 178 Å². The minimum Gasteiger partial charge on any atom is -0.379 e. The molecule has 0 saturated carbocycles. The third kappa shape index (κ3) is 28.1. The molecule has 0 aliphatic carbocycles. The Labute approximate surface area is 406 Å². The Hall–Kier alpha value is -3.59. The van der Waals surface area contributed by atoms with Crippen LogP contribution in [0.4, 0.5) is 5.69 Å². The van der Waals surface area contributed by atoms with Crippen LogP contribution in [-0.4, -0.2) is 238 Å². The number of hydrogen-bond acceptors (Lipinski definition) is 19. The van der Waals surface area contributed by atoms with Crippen LogP contribution in [0.25, 0.3) is 0 Å². The van der Waals surface area contributed by atoms with Gasteiger partial charge in [0.1, 0.15) is 6.04 Å². The van der Waals surface area contributed by atoms with E-state index < -0.39 is 29.7 Å². The molecule has 5 amide bonds. The largest absolute Gasteiger partial charge is 0.379 e. The Kier molecular flexibility index (Phi) is 34.7. The minimum absolute atomic E-state index is 0.0259. The quantitative estimate of drug-likeness (QED) is 0.0693. The minimum atomic E-state index is -1.08. The second-order valence-electron chi connectivity index (χ2n) is 15.8. The summed E-state index contributed by atoms with van der Waals surface area (Å²) in [7, 11) is 4.03. The zero-order valence-corrected chi connectivity index (χ0v) is 40.9. The highest BCUT2D eigenvalue weighted by molar-refractivity contribution is 6.26. The topological polar surface area (TPSA) is 236 Å². The lowest BCUT2D eigenvalue weighted by Crippen LogP contribution is -2.54. The maximum Gasteiger partial charge on any atom is 0.264 e. The maximum atomic E-state index is 13.2. The number of amides is 5. The summed E-state index contributed by atoms with van der Waals surface area (Å²) in [6, 6.07) is 3.53. The van der Waals surface area contributed by atoms with Crippen molar-refractivity contribution in [2.24, 2.45) is 0 Å². The molecule has 3 rings (SSSR count). The fraction of sp³-hybridized carbons (Fsp3) is 0.766. The van der Waals surface area contributed by atoms with Crippen molar-refractivity contribution < 1.29 is 85.6 Å². The van der Waals surface area contributed by atoms with Crippen molar-refractivity contribution in [3.63, 3.8) is 0 Å². The first kappa shape index (κ1) is 59.7. The first-order chi connectivity index (χ1) is 33.8. The van der Waals surface area contributed by atoms with Gasteiger partial charge in [0, 0.05) is 26.0 Å². The van der Waals surface area contributed by atoms with Crippen LogP contribution >= 0.6 is 0 Å². The maximum absolute atomic E-state index is 13.2. The number of anilines is 1. The lowest BCUT2D eigenvalue weighted by Gasteiger charge is -2.27. The summed E-state index contributed by atoms with van der Waals surface area (Å²) in [6.45, 7) is 13.8. The molecule has 1 atom stereocenters. The number of likely N-dealkylation sites (N-methyl/N-ethyl adjacent to an activating group) is 1. The smallest absolute Gasteiger partial charge is 0.264 e. The van der Waals surface area contributed by atoms with Crippen LogP contribution in [0.15, 0.2) is 18.2 Å². The summed E-state index contributed by atoms with van der Waals surface area (Å²) >= 11 is 0. The van der Waals surface area contributed by atoms with Gasteiger partial charge in [-0.3, -0.25) is 34.2 Å². The summed E-state index contributed by atoms with van der Waals surface area (Å²) in [5, 5.41) is 4.91. The summed E-state index contributed by atoms with van der Waals surface area (Å²) in [5.74, 6) is -2.73. The molecule has 22 heteroatoms. The summed E-state index contributed by atoms with van der Waals surface area (Å²) in [5.41, 5.74) is 0.376. The van der Waals surface area contributed by atoms with Crippen molar-refractivity contribution in [2.45, 2.75) is 44.6 Å². The molecular formula is C47H78N4O18. The van der Waals surface area contributed by atoms with E-state index in [0.717, 1.165) is 24.3 Å². The Morgan fingerprint density at radius 3 is 1.32 bits per heavy atom. The molecule has 1 fully saturated rings. The number of rotatable bonds is 47. The number of nitrogens with one attached hydrogen (secondary N) is 2. The second-order valence-corrected chi connectivity index (χ2v) is 15.8. The van der Waals surface area contributed by atoms with Crippen molar-refractivity contribution in [3.05, 3.63) is 29.3 Å². The zero-order chi connectivity index (χ0) is 49.4. The lowest BCUT2D eigenvalue weighted by molar-refractivity contribution is -0.136. The number of unbranched alkanes of at least 4 members (excludes halogenated alkanes) is 2. The Balaban J connectivity index is 0.951. The summed E-state index contributed by atoms with van der Waals surface area (Å²) in [4.78, 5) is 65.7. The third-order valence-corrected chi connectivity index (χ3v) is 10.1. The van der Waals surface area contributed by atoms with Gasteiger partial charge >= 0.3 is 0 Å². The van der Waals surface area contributed by atoms with Crippen molar-refractivity contribution in [1.29, 1.82) is 0 Å². The molecule has 1 unspecified atom stereocenters. The zero-order valence-electron chi connectivity index (χ0n) is 40.9. The van der Waals surface area contributed by atoms with Crippen LogP contribution in [0.2, 0.25) is 0 Å². The average molecular weight is 987 g/mol. The van der Waals surface area contributed by atoms with Crippen LogP contribution in [0, 0.1) is 0 Å². The van der Waals surface area contributed by atoms with Gasteiger partial charge in [0.2, 0.25) is 17.7 Å². The number of imide groups is 2. The van der Waals surface area contributed by atoms with E-state index >= 15 is 0 Å². The predicted molar refractivity (Wildman–Crippen MR) is 249 cm³/mol. The number of hydrogen-bond donors (Lipinski definition) is 2. The molecule has 22 nitrogen and oxygen atoms in total. The monoisotopic (exact) mass is 987 g/mol. The van der Waals surface area contributed by atoms with Crippen LogP contribution < -0.4 is 10.6 Å². The Morgan fingerprint density at radius 1 is 0.536 bits per heavy atom. The summed E-state index contributed by atoms with van der Waals surface area (Å²) < 4.78 is 71.6. The standard InChI is InChI=1S/C47H78N4O18/c1-50(2)12-14-58-16-18-60-20-22-62-24-26-64-28-30-66-32-34-68-36-38-69-37-35-67-33-31-65-29-27-63-25-23-61-21-19-59-17-15-57-13-5-3-4-9-42(52)48-40-8-6-7-39-44(40)47(56)51(46(39)55)41-10-11-43(53)49-45(41)54/h6-8,41H,3-5,9-38H2,1-2H3,(H,48,52)(H,49,53,54). The first-order valence-corrected chi connectivity index (χ1v) is 24.1. The third-order valence-electron chi connectivity index (χ3n) is 10.1. The van der Waals surface area contributed by atoms with Gasteiger partial charge in [-0.1, -0.05) is 12.5 Å². The average Bonchev–Trinajstić information content (AvgIpc) is 3.58. The second kappa shape index (κ2) is 40.1. The van der Waals surface area contributed by atoms with E-state index in [1.807, 2.05) is 14.1 Å². The number of carbonyl (C=O) groups is 5. The normalized spacial score (nSPS) is 14.9. The molecule has 69 heavy (non-hydrogen) atoms. The molecule has 1 aromatic carbocycles. The van der Waals surface area contributed by atoms with E-state index in [1.165, 1.54) is 6.07 Å². The molecule has 2 aliphatic heterocycles. The van der Waals surface area contributed by atoms with Crippen molar-refractivity contribution in [3.8, 4) is 0 Å². The lowest BCUT2D eigenvalue weighted by atomic mass is 10.0. The van der Waals surface area contributed by atoms with Gasteiger partial charge in [-0.2, -0.15) is 0 Å². The molecule has 0 radical (unpaired) electrons. The summed E-state index contributed by atoms with van der Waals surface area (Å²) in [6.07, 6.45) is 2.43. The van der Waals surface area contributed by atoms with E-state index in [4.69, 9.17) is 61.6 Å².